The molecule has 0 bridgehead atoms. The van der Waals surface area contributed by atoms with Crippen molar-refractivity contribution < 1.29 is 19.1 Å². The first-order chi connectivity index (χ1) is 19.5. The normalized spacial score (nSPS) is 19.2. The lowest BCUT2D eigenvalue weighted by molar-refractivity contribution is -0.125. The number of amides is 3. The molecular formula is C30H35N5O4S. The number of anilines is 1. The van der Waals surface area contributed by atoms with Gasteiger partial charge in [0.1, 0.15) is 17.6 Å². The Morgan fingerprint density at radius 2 is 1.93 bits per heavy atom. The van der Waals surface area contributed by atoms with Crippen LogP contribution in [0.2, 0.25) is 0 Å². The van der Waals surface area contributed by atoms with E-state index >= 15 is 0 Å². The summed E-state index contributed by atoms with van der Waals surface area (Å²) in [4.78, 5) is 50.6. The van der Waals surface area contributed by atoms with Crippen LogP contribution in [-0.2, 0) is 14.4 Å². The van der Waals surface area contributed by atoms with Crippen LogP contribution in [0.25, 0.3) is 0 Å². The zero-order valence-corrected chi connectivity index (χ0v) is 23.7. The molecule has 10 heteroatoms. The number of ether oxygens (including phenoxy) is 1. The molecule has 1 saturated carbocycles. The van der Waals surface area contributed by atoms with Crippen molar-refractivity contribution in [2.75, 3.05) is 12.4 Å². The number of rotatable bonds is 9. The first kappa shape index (κ1) is 27.9. The van der Waals surface area contributed by atoms with Gasteiger partial charge < -0.3 is 15.4 Å². The predicted molar refractivity (Wildman–Crippen MR) is 158 cm³/mol. The van der Waals surface area contributed by atoms with Crippen molar-refractivity contribution >= 4 is 51.9 Å². The van der Waals surface area contributed by atoms with E-state index in [1.165, 1.54) is 23.1 Å². The summed E-state index contributed by atoms with van der Waals surface area (Å²) in [5.74, 6) is 0.731. The molecule has 9 nitrogen and oxygen atoms in total. The smallest absolute Gasteiger partial charge is 0.259 e. The number of nitrogens with zero attached hydrogens (tertiary/aromatic N) is 3. The number of para-hydroxylation sites is 1. The number of fused-ring (bicyclic) bond motifs is 3. The van der Waals surface area contributed by atoms with Gasteiger partial charge in [0.2, 0.25) is 11.8 Å². The second kappa shape index (κ2) is 12.7. The first-order valence-corrected chi connectivity index (χ1v) is 14.9. The molecule has 2 atom stereocenters. The van der Waals surface area contributed by atoms with E-state index in [1.807, 2.05) is 43.3 Å². The minimum atomic E-state index is -0.672. The van der Waals surface area contributed by atoms with Crippen molar-refractivity contribution in [2.45, 2.75) is 75.6 Å². The SMILES string of the molecule is CC[C@H](SC1=Nc2ccccc2C2=N[C@@H](CCC(=O)NC3CCCCC3)C(=O)N12)C(=O)Nc1cccc(OC)c1. The number of benzene rings is 2. The summed E-state index contributed by atoms with van der Waals surface area (Å²) >= 11 is 1.25. The molecule has 3 amide bonds. The second-order valence-corrected chi connectivity index (χ2v) is 11.4. The van der Waals surface area contributed by atoms with Crippen LogP contribution in [0, 0.1) is 0 Å². The molecule has 2 aromatic rings. The summed E-state index contributed by atoms with van der Waals surface area (Å²) in [6.07, 6.45) is 6.63. The molecule has 210 valence electrons. The van der Waals surface area contributed by atoms with Gasteiger partial charge in [-0.2, -0.15) is 0 Å². The molecular weight excluding hydrogens is 526 g/mol. The molecule has 1 aliphatic carbocycles. The summed E-state index contributed by atoms with van der Waals surface area (Å²) < 4.78 is 5.26. The molecule has 2 aliphatic heterocycles. The average Bonchev–Trinajstić information content (AvgIpc) is 3.31. The van der Waals surface area contributed by atoms with Crippen LogP contribution in [0.15, 0.2) is 58.5 Å². The van der Waals surface area contributed by atoms with Gasteiger partial charge in [-0.3, -0.25) is 19.4 Å². The minimum absolute atomic E-state index is 0.0336. The standard InChI is InChI=1S/C30H35N5O4S/c1-3-25(28(37)32-20-12-9-13-21(18-20)39-2)40-30-34-23-15-8-7-14-22(23)27-33-24(29(38)35(27)30)16-17-26(36)31-19-10-5-4-6-11-19/h7-9,12-15,18-19,24-25H,3-6,10-11,16-17H2,1-2H3,(H,31,36)(H,32,37)/t24-,25-/m0/s1. The zero-order chi connectivity index (χ0) is 28.1. The average molecular weight is 562 g/mol. The molecule has 2 aromatic carbocycles. The monoisotopic (exact) mass is 561 g/mol. The Balaban J connectivity index is 1.30. The summed E-state index contributed by atoms with van der Waals surface area (Å²) in [7, 11) is 1.58. The molecule has 0 aromatic heterocycles. The quantitative estimate of drug-likeness (QED) is 0.446. The van der Waals surface area contributed by atoms with Gasteiger partial charge in [0.25, 0.3) is 5.91 Å². The third-order valence-corrected chi connectivity index (χ3v) is 8.73. The Morgan fingerprint density at radius 1 is 1.12 bits per heavy atom. The lowest BCUT2D eigenvalue weighted by atomic mass is 9.95. The number of methoxy groups -OCH3 is 1. The van der Waals surface area contributed by atoms with E-state index in [9.17, 15) is 14.4 Å². The predicted octanol–water partition coefficient (Wildman–Crippen LogP) is 5.03. The number of hydrogen-bond acceptors (Lipinski definition) is 7. The van der Waals surface area contributed by atoms with E-state index in [-0.39, 0.29) is 30.2 Å². The van der Waals surface area contributed by atoms with Gasteiger partial charge in [-0.1, -0.05) is 56.1 Å². The molecule has 5 rings (SSSR count). The zero-order valence-electron chi connectivity index (χ0n) is 22.9. The van der Waals surface area contributed by atoms with Gasteiger partial charge in [0.15, 0.2) is 5.17 Å². The van der Waals surface area contributed by atoms with Crippen LogP contribution < -0.4 is 15.4 Å². The number of carbonyl (C=O) groups excluding carboxylic acids is 3. The molecule has 0 spiro atoms. The van der Waals surface area contributed by atoms with Gasteiger partial charge in [-0.15, -0.1) is 0 Å². The molecule has 0 radical (unpaired) electrons. The fourth-order valence-corrected chi connectivity index (χ4v) is 6.28. The number of thioether (sulfide) groups is 1. The molecule has 0 unspecified atom stereocenters. The maximum atomic E-state index is 13.6. The minimum Gasteiger partial charge on any atom is -0.497 e. The molecule has 0 saturated heterocycles. The summed E-state index contributed by atoms with van der Waals surface area (Å²) in [6, 6.07) is 14.3. The van der Waals surface area contributed by atoms with E-state index in [1.54, 1.807) is 19.2 Å². The van der Waals surface area contributed by atoms with Gasteiger partial charge >= 0.3 is 0 Å². The van der Waals surface area contributed by atoms with Crippen LogP contribution in [0.4, 0.5) is 11.4 Å². The molecule has 1 fully saturated rings. The molecule has 40 heavy (non-hydrogen) atoms. The number of nitrogens with one attached hydrogen (secondary N) is 2. The third-order valence-electron chi connectivity index (χ3n) is 7.41. The Kier molecular flexibility index (Phi) is 8.84. The van der Waals surface area contributed by atoms with Crippen molar-refractivity contribution in [1.29, 1.82) is 0 Å². The van der Waals surface area contributed by atoms with Crippen LogP contribution >= 0.6 is 11.8 Å². The Morgan fingerprint density at radius 3 is 2.70 bits per heavy atom. The van der Waals surface area contributed by atoms with Gasteiger partial charge in [0, 0.05) is 29.8 Å². The highest BCUT2D eigenvalue weighted by Crippen LogP contribution is 2.36. The van der Waals surface area contributed by atoms with E-state index in [0.29, 0.717) is 41.0 Å². The van der Waals surface area contributed by atoms with E-state index < -0.39 is 11.3 Å². The van der Waals surface area contributed by atoms with Crippen LogP contribution in [0.5, 0.6) is 5.75 Å². The highest BCUT2D eigenvalue weighted by atomic mass is 32.2. The summed E-state index contributed by atoms with van der Waals surface area (Å²) in [5, 5.41) is 6.00. The highest BCUT2D eigenvalue weighted by molar-refractivity contribution is 8.15. The summed E-state index contributed by atoms with van der Waals surface area (Å²) in [6.45, 7) is 1.93. The van der Waals surface area contributed by atoms with Crippen molar-refractivity contribution in [3.8, 4) is 5.75 Å². The lowest BCUT2D eigenvalue weighted by Crippen LogP contribution is -2.43. The maximum Gasteiger partial charge on any atom is 0.259 e. The molecule has 2 N–H and O–H groups in total. The molecule has 2 heterocycles. The van der Waals surface area contributed by atoms with Crippen LogP contribution in [-0.4, -0.2) is 58.1 Å². The van der Waals surface area contributed by atoms with Crippen LogP contribution in [0.3, 0.4) is 0 Å². The Hall–Kier alpha value is -3.66. The van der Waals surface area contributed by atoms with Crippen molar-refractivity contribution in [3.05, 3.63) is 54.1 Å². The summed E-state index contributed by atoms with van der Waals surface area (Å²) in [5.41, 5.74) is 2.10. The number of amidine groups is 2. The second-order valence-electron chi connectivity index (χ2n) is 10.2. The van der Waals surface area contributed by atoms with Crippen molar-refractivity contribution in [1.82, 2.24) is 10.2 Å². The van der Waals surface area contributed by atoms with Crippen molar-refractivity contribution in [2.24, 2.45) is 9.98 Å². The van der Waals surface area contributed by atoms with Crippen LogP contribution in [0.1, 0.15) is 63.9 Å². The highest BCUT2D eigenvalue weighted by Gasteiger charge is 2.42. The fraction of sp³-hybridized carbons (Fsp3) is 0.433. The lowest BCUT2D eigenvalue weighted by Gasteiger charge is -2.27. The topological polar surface area (TPSA) is 112 Å². The first-order valence-electron chi connectivity index (χ1n) is 14.0. The van der Waals surface area contributed by atoms with E-state index in [4.69, 9.17) is 14.7 Å². The number of hydrogen-bond donors (Lipinski definition) is 2. The fourth-order valence-electron chi connectivity index (χ4n) is 5.26. The van der Waals surface area contributed by atoms with Gasteiger partial charge in [-0.25, -0.2) is 9.89 Å². The van der Waals surface area contributed by atoms with Gasteiger partial charge in [0.05, 0.1) is 18.0 Å². The number of carbonyl (C=O) groups is 3. The Bertz CT molecular complexity index is 1340. The largest absolute Gasteiger partial charge is 0.497 e. The number of aliphatic imine (C=N–C) groups is 2. The molecule has 3 aliphatic rings. The Labute approximate surface area is 238 Å². The van der Waals surface area contributed by atoms with E-state index in [0.717, 1.165) is 31.2 Å². The van der Waals surface area contributed by atoms with E-state index in [2.05, 4.69) is 10.6 Å². The maximum absolute atomic E-state index is 13.6. The third kappa shape index (κ3) is 6.22. The van der Waals surface area contributed by atoms with Gasteiger partial charge in [-0.05, 0) is 49.9 Å². The van der Waals surface area contributed by atoms with Crippen molar-refractivity contribution in [3.63, 3.8) is 0 Å².